The van der Waals surface area contributed by atoms with Crippen LogP contribution in [-0.2, 0) is 4.79 Å². The fraction of sp³-hybridized carbons (Fsp3) is 0.391. The maximum atomic E-state index is 12.5. The molecule has 1 aliphatic heterocycles. The van der Waals surface area contributed by atoms with Gasteiger partial charge in [0.05, 0.1) is 0 Å². The molecule has 1 saturated heterocycles. The lowest BCUT2D eigenvalue weighted by Crippen LogP contribution is -2.49. The van der Waals surface area contributed by atoms with Gasteiger partial charge >= 0.3 is 0 Å². The SMILES string of the molecule is Cc1ccccc1C(=O)NCCC(=O)N1CCN(c2cccc(C)c2C)CC1. The molecular formula is C23H29N3O2. The Balaban J connectivity index is 1.46. The zero-order valence-corrected chi connectivity index (χ0v) is 17.0. The van der Waals surface area contributed by atoms with Crippen molar-refractivity contribution in [2.24, 2.45) is 0 Å². The third-order valence-corrected chi connectivity index (χ3v) is 5.56. The highest BCUT2D eigenvalue weighted by Gasteiger charge is 2.22. The first-order chi connectivity index (χ1) is 13.5. The van der Waals surface area contributed by atoms with Gasteiger partial charge in [-0.25, -0.2) is 0 Å². The molecule has 3 rings (SSSR count). The van der Waals surface area contributed by atoms with E-state index in [0.29, 0.717) is 18.5 Å². The van der Waals surface area contributed by atoms with E-state index in [0.717, 1.165) is 31.7 Å². The predicted octanol–water partition coefficient (Wildman–Crippen LogP) is 3.08. The summed E-state index contributed by atoms with van der Waals surface area (Å²) in [6.45, 7) is 9.68. The number of anilines is 1. The van der Waals surface area contributed by atoms with Gasteiger partial charge in [-0.05, 0) is 49.6 Å². The average molecular weight is 380 g/mol. The normalized spacial score (nSPS) is 14.1. The summed E-state index contributed by atoms with van der Waals surface area (Å²) in [6, 6.07) is 13.8. The zero-order valence-electron chi connectivity index (χ0n) is 17.0. The minimum absolute atomic E-state index is 0.102. The number of carbonyl (C=O) groups is 2. The standard InChI is InChI=1S/C23H29N3O2/c1-17-8-6-10-21(19(17)3)25-13-15-26(16-14-25)22(27)11-12-24-23(28)20-9-5-4-7-18(20)2/h4-10H,11-16H2,1-3H3,(H,24,28). The highest BCUT2D eigenvalue weighted by atomic mass is 16.2. The molecule has 0 spiro atoms. The molecule has 1 fully saturated rings. The van der Waals surface area contributed by atoms with E-state index in [1.165, 1.54) is 16.8 Å². The summed E-state index contributed by atoms with van der Waals surface area (Å²) in [5.74, 6) is -0.0173. The van der Waals surface area contributed by atoms with Crippen molar-refractivity contribution in [3.05, 3.63) is 64.7 Å². The topological polar surface area (TPSA) is 52.7 Å². The number of hydrogen-bond donors (Lipinski definition) is 1. The van der Waals surface area contributed by atoms with Crippen LogP contribution >= 0.6 is 0 Å². The van der Waals surface area contributed by atoms with E-state index in [2.05, 4.69) is 42.3 Å². The van der Waals surface area contributed by atoms with Crippen molar-refractivity contribution in [2.45, 2.75) is 27.2 Å². The van der Waals surface area contributed by atoms with Gasteiger partial charge in [-0.1, -0.05) is 30.3 Å². The van der Waals surface area contributed by atoms with Gasteiger partial charge in [-0.3, -0.25) is 9.59 Å². The van der Waals surface area contributed by atoms with Crippen molar-refractivity contribution in [1.29, 1.82) is 0 Å². The Hall–Kier alpha value is -2.82. The molecule has 2 aromatic carbocycles. The number of hydrogen-bond acceptors (Lipinski definition) is 3. The number of carbonyl (C=O) groups excluding carboxylic acids is 2. The molecule has 0 bridgehead atoms. The number of nitrogens with one attached hydrogen (secondary N) is 1. The minimum Gasteiger partial charge on any atom is -0.368 e. The van der Waals surface area contributed by atoms with Crippen molar-refractivity contribution in [2.75, 3.05) is 37.6 Å². The minimum atomic E-state index is -0.120. The summed E-state index contributed by atoms with van der Waals surface area (Å²) in [6.07, 6.45) is 0.334. The summed E-state index contributed by atoms with van der Waals surface area (Å²) in [7, 11) is 0. The zero-order chi connectivity index (χ0) is 20.1. The van der Waals surface area contributed by atoms with Crippen molar-refractivity contribution in [1.82, 2.24) is 10.2 Å². The van der Waals surface area contributed by atoms with Gasteiger partial charge in [0.25, 0.3) is 5.91 Å². The molecule has 0 atom stereocenters. The molecule has 5 nitrogen and oxygen atoms in total. The number of aryl methyl sites for hydroxylation is 2. The van der Waals surface area contributed by atoms with Crippen molar-refractivity contribution in [3.8, 4) is 0 Å². The third-order valence-electron chi connectivity index (χ3n) is 5.56. The second-order valence-corrected chi connectivity index (χ2v) is 7.41. The Morgan fingerprint density at radius 3 is 2.29 bits per heavy atom. The fourth-order valence-corrected chi connectivity index (χ4v) is 3.64. The Morgan fingerprint density at radius 1 is 0.893 bits per heavy atom. The lowest BCUT2D eigenvalue weighted by atomic mass is 10.1. The molecule has 0 radical (unpaired) electrons. The van der Waals surface area contributed by atoms with Gasteiger partial charge in [-0.15, -0.1) is 0 Å². The van der Waals surface area contributed by atoms with Crippen LogP contribution in [0.2, 0.25) is 0 Å². The van der Waals surface area contributed by atoms with E-state index in [-0.39, 0.29) is 11.8 Å². The number of nitrogens with zero attached hydrogens (tertiary/aromatic N) is 2. The first-order valence-electron chi connectivity index (χ1n) is 9.90. The summed E-state index contributed by atoms with van der Waals surface area (Å²) in [5, 5.41) is 2.86. The first-order valence-corrected chi connectivity index (χ1v) is 9.90. The highest BCUT2D eigenvalue weighted by Crippen LogP contribution is 2.23. The molecule has 1 aliphatic rings. The molecule has 1 heterocycles. The van der Waals surface area contributed by atoms with Crippen LogP contribution in [0.1, 0.15) is 33.5 Å². The average Bonchev–Trinajstić information content (AvgIpc) is 2.70. The molecule has 2 aromatic rings. The van der Waals surface area contributed by atoms with Gasteiger partial charge in [-0.2, -0.15) is 0 Å². The molecule has 1 N–H and O–H groups in total. The number of piperazine rings is 1. The number of rotatable bonds is 5. The second kappa shape index (κ2) is 8.91. The summed E-state index contributed by atoms with van der Waals surface area (Å²) in [4.78, 5) is 29.0. The molecule has 148 valence electrons. The van der Waals surface area contributed by atoms with Crippen molar-refractivity contribution >= 4 is 17.5 Å². The molecule has 0 unspecified atom stereocenters. The molecule has 0 aromatic heterocycles. The predicted molar refractivity (Wildman–Crippen MR) is 113 cm³/mol. The third kappa shape index (κ3) is 4.53. The summed E-state index contributed by atoms with van der Waals surface area (Å²) >= 11 is 0. The smallest absolute Gasteiger partial charge is 0.251 e. The van der Waals surface area contributed by atoms with Crippen LogP contribution in [0, 0.1) is 20.8 Å². The van der Waals surface area contributed by atoms with E-state index < -0.39 is 0 Å². The van der Waals surface area contributed by atoms with E-state index in [1.807, 2.05) is 30.0 Å². The largest absolute Gasteiger partial charge is 0.368 e. The Morgan fingerprint density at radius 2 is 1.57 bits per heavy atom. The molecular weight excluding hydrogens is 350 g/mol. The molecule has 0 aliphatic carbocycles. The lowest BCUT2D eigenvalue weighted by Gasteiger charge is -2.37. The fourth-order valence-electron chi connectivity index (χ4n) is 3.64. The van der Waals surface area contributed by atoms with E-state index in [4.69, 9.17) is 0 Å². The van der Waals surface area contributed by atoms with Crippen LogP contribution in [-0.4, -0.2) is 49.4 Å². The van der Waals surface area contributed by atoms with E-state index in [9.17, 15) is 9.59 Å². The monoisotopic (exact) mass is 379 g/mol. The van der Waals surface area contributed by atoms with Crippen molar-refractivity contribution in [3.63, 3.8) is 0 Å². The van der Waals surface area contributed by atoms with Crippen LogP contribution in [0.5, 0.6) is 0 Å². The highest BCUT2D eigenvalue weighted by molar-refractivity contribution is 5.95. The van der Waals surface area contributed by atoms with Crippen LogP contribution in [0.25, 0.3) is 0 Å². The number of amides is 2. The maximum Gasteiger partial charge on any atom is 0.251 e. The van der Waals surface area contributed by atoms with Gasteiger partial charge in [0, 0.05) is 50.4 Å². The Labute approximate surface area is 167 Å². The maximum absolute atomic E-state index is 12.5. The molecule has 0 saturated carbocycles. The van der Waals surface area contributed by atoms with Crippen LogP contribution < -0.4 is 10.2 Å². The van der Waals surface area contributed by atoms with E-state index >= 15 is 0 Å². The second-order valence-electron chi connectivity index (χ2n) is 7.41. The van der Waals surface area contributed by atoms with Crippen LogP contribution in [0.4, 0.5) is 5.69 Å². The molecule has 2 amide bonds. The van der Waals surface area contributed by atoms with Gasteiger partial charge in [0.2, 0.25) is 5.91 Å². The van der Waals surface area contributed by atoms with Gasteiger partial charge in [0.1, 0.15) is 0 Å². The Kier molecular flexibility index (Phi) is 6.34. The summed E-state index contributed by atoms with van der Waals surface area (Å²) < 4.78 is 0. The molecule has 28 heavy (non-hydrogen) atoms. The number of benzene rings is 2. The van der Waals surface area contributed by atoms with E-state index in [1.54, 1.807) is 6.07 Å². The van der Waals surface area contributed by atoms with Gasteiger partial charge in [0.15, 0.2) is 0 Å². The lowest BCUT2D eigenvalue weighted by molar-refractivity contribution is -0.131. The molecule has 5 heteroatoms. The summed E-state index contributed by atoms with van der Waals surface area (Å²) in [5.41, 5.74) is 5.46. The van der Waals surface area contributed by atoms with Crippen molar-refractivity contribution < 1.29 is 9.59 Å². The van der Waals surface area contributed by atoms with Gasteiger partial charge < -0.3 is 15.1 Å². The van der Waals surface area contributed by atoms with Crippen LogP contribution in [0.3, 0.4) is 0 Å². The van der Waals surface area contributed by atoms with Crippen LogP contribution in [0.15, 0.2) is 42.5 Å². The Bertz CT molecular complexity index is 855. The quantitative estimate of drug-likeness (QED) is 0.869. The first kappa shape index (κ1) is 19.9.